The highest BCUT2D eigenvalue weighted by Gasteiger charge is 1.93. The molecule has 0 rings (SSSR count). The normalized spacial score (nSPS) is 12.8. The molecule has 0 bridgehead atoms. The molecule has 1 unspecified atom stereocenters. The van der Waals surface area contributed by atoms with Crippen LogP contribution >= 0.6 is 0 Å². The minimum Gasteiger partial charge on any atom is -0.316 e. The zero-order chi connectivity index (χ0) is 9.23. The van der Waals surface area contributed by atoms with Crippen LogP contribution in [0, 0.1) is 0 Å². The van der Waals surface area contributed by atoms with Gasteiger partial charge in [0.2, 0.25) is 0 Å². The Bertz CT molecular complexity index is 136. The number of unbranched alkanes of at least 4 members (excludes halogenated alkanes) is 1. The standard InChI is InChI=1S/C9H19NOS/c1-3-5-6-7-10-8-9-12(11)4-2/h3,10H,1,4-9H2,2H3. The van der Waals surface area contributed by atoms with Crippen LogP contribution in [0.1, 0.15) is 19.8 Å². The van der Waals surface area contributed by atoms with Crippen molar-refractivity contribution in [2.24, 2.45) is 0 Å². The van der Waals surface area contributed by atoms with Gasteiger partial charge in [0.05, 0.1) is 0 Å². The monoisotopic (exact) mass is 189 g/mol. The molecular formula is C9H19NOS. The van der Waals surface area contributed by atoms with Crippen LogP contribution < -0.4 is 5.32 Å². The topological polar surface area (TPSA) is 29.1 Å². The van der Waals surface area contributed by atoms with Crippen molar-refractivity contribution in [2.75, 3.05) is 24.6 Å². The Balaban J connectivity index is 3.00. The van der Waals surface area contributed by atoms with Gasteiger partial charge < -0.3 is 5.32 Å². The molecule has 0 heterocycles. The second-order valence-electron chi connectivity index (χ2n) is 2.61. The highest BCUT2D eigenvalue weighted by atomic mass is 32.2. The fourth-order valence-corrected chi connectivity index (χ4v) is 1.49. The van der Waals surface area contributed by atoms with E-state index in [4.69, 9.17) is 0 Å². The van der Waals surface area contributed by atoms with Gasteiger partial charge in [-0.15, -0.1) is 6.58 Å². The first-order valence-corrected chi connectivity index (χ1v) is 5.96. The number of nitrogens with one attached hydrogen (secondary N) is 1. The number of allylic oxidation sites excluding steroid dienone is 1. The van der Waals surface area contributed by atoms with Gasteiger partial charge in [-0.05, 0) is 19.4 Å². The molecule has 0 aliphatic rings. The van der Waals surface area contributed by atoms with E-state index in [1.807, 2.05) is 13.0 Å². The van der Waals surface area contributed by atoms with Crippen molar-refractivity contribution < 1.29 is 4.21 Å². The molecule has 2 nitrogen and oxygen atoms in total. The van der Waals surface area contributed by atoms with Crippen molar-refractivity contribution >= 4 is 10.8 Å². The van der Waals surface area contributed by atoms with Crippen molar-refractivity contribution in [3.8, 4) is 0 Å². The zero-order valence-corrected chi connectivity index (χ0v) is 8.66. The Morgan fingerprint density at radius 2 is 2.25 bits per heavy atom. The van der Waals surface area contributed by atoms with E-state index >= 15 is 0 Å². The fraction of sp³-hybridized carbons (Fsp3) is 0.778. The van der Waals surface area contributed by atoms with Crippen LogP contribution in [0.25, 0.3) is 0 Å². The van der Waals surface area contributed by atoms with Crippen LogP contribution in [0.2, 0.25) is 0 Å². The maximum Gasteiger partial charge on any atom is 0.0359 e. The average molecular weight is 189 g/mol. The molecule has 0 spiro atoms. The summed E-state index contributed by atoms with van der Waals surface area (Å²) >= 11 is 0. The van der Waals surface area contributed by atoms with Crippen molar-refractivity contribution in [3.63, 3.8) is 0 Å². The summed E-state index contributed by atoms with van der Waals surface area (Å²) in [5.41, 5.74) is 0. The lowest BCUT2D eigenvalue weighted by Crippen LogP contribution is -2.21. The van der Waals surface area contributed by atoms with E-state index in [1.54, 1.807) is 0 Å². The van der Waals surface area contributed by atoms with Gasteiger partial charge in [-0.3, -0.25) is 4.21 Å². The van der Waals surface area contributed by atoms with Crippen molar-refractivity contribution in [1.29, 1.82) is 0 Å². The lowest BCUT2D eigenvalue weighted by molar-refractivity contribution is 0.662. The largest absolute Gasteiger partial charge is 0.316 e. The number of hydrogen-bond acceptors (Lipinski definition) is 2. The predicted molar refractivity (Wildman–Crippen MR) is 55.9 cm³/mol. The van der Waals surface area contributed by atoms with E-state index in [2.05, 4.69) is 11.9 Å². The molecule has 1 N–H and O–H groups in total. The summed E-state index contributed by atoms with van der Waals surface area (Å²) < 4.78 is 11.0. The van der Waals surface area contributed by atoms with Gasteiger partial charge in [0.15, 0.2) is 0 Å². The summed E-state index contributed by atoms with van der Waals surface area (Å²) in [5.74, 6) is 1.55. The molecule has 3 heteroatoms. The van der Waals surface area contributed by atoms with Crippen LogP contribution in [-0.2, 0) is 10.8 Å². The summed E-state index contributed by atoms with van der Waals surface area (Å²) in [6.07, 6.45) is 4.11. The molecule has 0 radical (unpaired) electrons. The molecule has 0 aliphatic heterocycles. The molecule has 0 amide bonds. The van der Waals surface area contributed by atoms with E-state index in [0.29, 0.717) is 0 Å². The molecule has 12 heavy (non-hydrogen) atoms. The zero-order valence-electron chi connectivity index (χ0n) is 7.84. The summed E-state index contributed by atoms with van der Waals surface area (Å²) in [6.45, 7) is 7.48. The minimum absolute atomic E-state index is 0.617. The van der Waals surface area contributed by atoms with Crippen LogP contribution in [0.3, 0.4) is 0 Å². The maximum atomic E-state index is 11.0. The Kier molecular flexibility index (Phi) is 8.83. The predicted octanol–water partition coefficient (Wildman–Crippen LogP) is 1.31. The quantitative estimate of drug-likeness (QED) is 0.461. The summed E-state index contributed by atoms with van der Waals surface area (Å²) in [7, 11) is -0.617. The SMILES string of the molecule is C=CCCCNCCS(=O)CC. The third kappa shape index (κ3) is 7.95. The lowest BCUT2D eigenvalue weighted by Gasteiger charge is -2.01. The van der Waals surface area contributed by atoms with Crippen LogP contribution in [0.5, 0.6) is 0 Å². The molecule has 0 saturated heterocycles. The summed E-state index contributed by atoms with van der Waals surface area (Å²) in [6, 6.07) is 0. The van der Waals surface area contributed by atoms with E-state index in [1.165, 1.54) is 0 Å². The molecule has 0 saturated carbocycles. The van der Waals surface area contributed by atoms with Crippen molar-refractivity contribution in [3.05, 3.63) is 12.7 Å². The molecular weight excluding hydrogens is 170 g/mol. The smallest absolute Gasteiger partial charge is 0.0359 e. The second-order valence-corrected chi connectivity index (χ2v) is 4.48. The van der Waals surface area contributed by atoms with Gasteiger partial charge in [-0.1, -0.05) is 13.0 Å². The first kappa shape index (κ1) is 11.8. The van der Waals surface area contributed by atoms with Crippen LogP contribution in [0.4, 0.5) is 0 Å². The number of rotatable bonds is 8. The van der Waals surface area contributed by atoms with Gasteiger partial charge >= 0.3 is 0 Å². The third-order valence-corrected chi connectivity index (χ3v) is 2.89. The van der Waals surface area contributed by atoms with Crippen LogP contribution in [-0.4, -0.2) is 28.8 Å². The first-order chi connectivity index (χ1) is 5.81. The van der Waals surface area contributed by atoms with E-state index in [0.717, 1.165) is 37.4 Å². The minimum atomic E-state index is -0.617. The summed E-state index contributed by atoms with van der Waals surface area (Å²) in [4.78, 5) is 0. The van der Waals surface area contributed by atoms with Gasteiger partial charge in [-0.2, -0.15) is 0 Å². The van der Waals surface area contributed by atoms with Gasteiger partial charge in [0, 0.05) is 28.9 Å². The van der Waals surface area contributed by atoms with Gasteiger partial charge in [-0.25, -0.2) is 0 Å². The highest BCUT2D eigenvalue weighted by Crippen LogP contribution is 1.86. The average Bonchev–Trinajstić information content (AvgIpc) is 2.10. The first-order valence-electron chi connectivity index (χ1n) is 4.47. The molecule has 0 aromatic heterocycles. The molecule has 0 aromatic rings. The summed E-state index contributed by atoms with van der Waals surface area (Å²) in [5, 5.41) is 3.24. The molecule has 1 atom stereocenters. The third-order valence-electron chi connectivity index (χ3n) is 1.59. The fourth-order valence-electron chi connectivity index (χ4n) is 0.827. The Hall–Kier alpha value is -0.150. The van der Waals surface area contributed by atoms with Crippen LogP contribution in [0.15, 0.2) is 12.7 Å². The van der Waals surface area contributed by atoms with E-state index in [9.17, 15) is 4.21 Å². The second kappa shape index (κ2) is 8.94. The van der Waals surface area contributed by atoms with Gasteiger partial charge in [0.1, 0.15) is 0 Å². The van der Waals surface area contributed by atoms with E-state index in [-0.39, 0.29) is 0 Å². The van der Waals surface area contributed by atoms with Crippen molar-refractivity contribution in [1.82, 2.24) is 5.32 Å². The van der Waals surface area contributed by atoms with Crippen molar-refractivity contribution in [2.45, 2.75) is 19.8 Å². The Labute approximate surface area is 77.9 Å². The number of hydrogen-bond donors (Lipinski definition) is 1. The molecule has 72 valence electrons. The Morgan fingerprint density at radius 3 is 2.83 bits per heavy atom. The molecule has 0 aromatic carbocycles. The molecule has 0 fully saturated rings. The Morgan fingerprint density at radius 1 is 1.50 bits per heavy atom. The van der Waals surface area contributed by atoms with E-state index < -0.39 is 10.8 Å². The lowest BCUT2D eigenvalue weighted by atomic mass is 10.3. The van der Waals surface area contributed by atoms with Gasteiger partial charge in [0.25, 0.3) is 0 Å². The highest BCUT2D eigenvalue weighted by molar-refractivity contribution is 7.84. The maximum absolute atomic E-state index is 11.0. The molecule has 0 aliphatic carbocycles.